The molecule has 0 amide bonds. The third kappa shape index (κ3) is 3.61. The summed E-state index contributed by atoms with van der Waals surface area (Å²) in [4.78, 5) is 0. The van der Waals surface area contributed by atoms with Crippen LogP contribution >= 0.6 is 0 Å². The molecule has 0 radical (unpaired) electrons. The van der Waals surface area contributed by atoms with E-state index in [1.54, 1.807) is 18.2 Å². The largest absolute Gasteiger partial charge is 0.207 e. The summed E-state index contributed by atoms with van der Waals surface area (Å²) < 4.78 is 28.1. The molecule has 4 aromatic rings. The average Bonchev–Trinajstić information content (AvgIpc) is 2.68. The minimum Gasteiger partial charge on any atom is -0.207 e. The second-order valence-corrected chi connectivity index (χ2v) is 6.85. The summed E-state index contributed by atoms with van der Waals surface area (Å²) in [6.07, 6.45) is 2.20. The normalized spacial score (nSPS) is 11.1. The molecule has 4 rings (SSSR count). The van der Waals surface area contributed by atoms with Crippen LogP contribution in [0.5, 0.6) is 0 Å². The topological polar surface area (TPSA) is 0 Å². The first kappa shape index (κ1) is 17.4. The Hall–Kier alpha value is -3.00. The fraction of sp³-hybridized carbons (Fsp3) is 0.120. The van der Waals surface area contributed by atoms with E-state index in [0.717, 1.165) is 29.4 Å². The van der Waals surface area contributed by atoms with E-state index in [9.17, 15) is 8.78 Å². The highest BCUT2D eigenvalue weighted by Crippen LogP contribution is 2.30. The molecule has 0 aromatic heterocycles. The second kappa shape index (κ2) is 7.32. The SMILES string of the molecule is CCCc1ccc2cc(-c3ccc(-c4cccc(F)c4)c(F)c3)ccc2c1. The van der Waals surface area contributed by atoms with Gasteiger partial charge in [-0.25, -0.2) is 8.78 Å². The minimum absolute atomic E-state index is 0.350. The van der Waals surface area contributed by atoms with Crippen molar-refractivity contribution in [1.29, 1.82) is 0 Å². The van der Waals surface area contributed by atoms with Crippen molar-refractivity contribution in [3.8, 4) is 22.3 Å². The number of halogens is 2. The number of aryl methyl sites for hydroxylation is 1. The van der Waals surface area contributed by atoms with Gasteiger partial charge in [0.15, 0.2) is 0 Å². The molecule has 0 N–H and O–H groups in total. The molecule has 0 saturated carbocycles. The highest BCUT2D eigenvalue weighted by molar-refractivity contribution is 5.88. The first-order valence-electron chi connectivity index (χ1n) is 9.22. The fourth-order valence-corrected chi connectivity index (χ4v) is 3.50. The predicted molar refractivity (Wildman–Crippen MR) is 109 cm³/mol. The Morgan fingerprint density at radius 3 is 2.19 bits per heavy atom. The van der Waals surface area contributed by atoms with Crippen LogP contribution in [0.1, 0.15) is 18.9 Å². The Bertz CT molecular complexity index is 1110. The summed E-state index contributed by atoms with van der Waals surface area (Å²) in [5, 5.41) is 2.34. The summed E-state index contributed by atoms with van der Waals surface area (Å²) in [5.74, 6) is -0.718. The molecule has 0 spiro atoms. The van der Waals surface area contributed by atoms with E-state index in [2.05, 4.69) is 37.3 Å². The number of rotatable bonds is 4. The van der Waals surface area contributed by atoms with E-state index in [-0.39, 0.29) is 11.6 Å². The monoisotopic (exact) mass is 358 g/mol. The van der Waals surface area contributed by atoms with Gasteiger partial charge in [-0.3, -0.25) is 0 Å². The maximum absolute atomic E-state index is 14.7. The molecular weight excluding hydrogens is 338 g/mol. The molecule has 0 aliphatic carbocycles. The van der Waals surface area contributed by atoms with Gasteiger partial charge in [-0.1, -0.05) is 67.9 Å². The third-order valence-electron chi connectivity index (χ3n) is 4.88. The molecule has 2 heteroatoms. The molecule has 0 fully saturated rings. The van der Waals surface area contributed by atoms with E-state index in [4.69, 9.17) is 0 Å². The van der Waals surface area contributed by atoms with Crippen molar-refractivity contribution in [3.05, 3.63) is 96.1 Å². The number of fused-ring (bicyclic) bond motifs is 1. The van der Waals surface area contributed by atoms with Crippen molar-refractivity contribution in [2.75, 3.05) is 0 Å². The van der Waals surface area contributed by atoms with Crippen LogP contribution in [0.25, 0.3) is 33.0 Å². The smallest absolute Gasteiger partial charge is 0.131 e. The first-order chi connectivity index (χ1) is 13.1. The highest BCUT2D eigenvalue weighted by Gasteiger charge is 2.09. The summed E-state index contributed by atoms with van der Waals surface area (Å²) in [6.45, 7) is 2.18. The lowest BCUT2D eigenvalue weighted by atomic mass is 9.97. The van der Waals surface area contributed by atoms with Gasteiger partial charge in [0.05, 0.1) is 0 Å². The van der Waals surface area contributed by atoms with Crippen molar-refractivity contribution >= 4 is 10.8 Å². The molecule has 134 valence electrons. The summed E-state index contributed by atoms with van der Waals surface area (Å²) >= 11 is 0. The zero-order chi connectivity index (χ0) is 18.8. The van der Waals surface area contributed by atoms with E-state index < -0.39 is 0 Å². The molecule has 0 bridgehead atoms. The minimum atomic E-state index is -0.368. The Labute approximate surface area is 158 Å². The van der Waals surface area contributed by atoms with Crippen molar-refractivity contribution in [3.63, 3.8) is 0 Å². The molecule has 0 unspecified atom stereocenters. The van der Waals surface area contributed by atoms with Gasteiger partial charge in [0.2, 0.25) is 0 Å². The van der Waals surface area contributed by atoms with Crippen LogP contribution in [0.4, 0.5) is 8.78 Å². The molecule has 0 heterocycles. The number of hydrogen-bond donors (Lipinski definition) is 0. The molecular formula is C25H20F2. The summed E-state index contributed by atoms with van der Waals surface area (Å²) in [7, 11) is 0. The molecule has 4 aromatic carbocycles. The van der Waals surface area contributed by atoms with Crippen LogP contribution in [0.2, 0.25) is 0 Å². The van der Waals surface area contributed by atoms with Gasteiger partial charge in [0, 0.05) is 5.56 Å². The van der Waals surface area contributed by atoms with Crippen LogP contribution < -0.4 is 0 Å². The summed E-state index contributed by atoms with van der Waals surface area (Å²) in [6, 6.07) is 23.8. The Kier molecular flexibility index (Phi) is 4.72. The quantitative estimate of drug-likeness (QED) is 0.356. The van der Waals surface area contributed by atoms with E-state index in [1.807, 2.05) is 12.1 Å². The Morgan fingerprint density at radius 1 is 0.667 bits per heavy atom. The van der Waals surface area contributed by atoms with E-state index >= 15 is 0 Å². The molecule has 27 heavy (non-hydrogen) atoms. The van der Waals surface area contributed by atoms with Crippen molar-refractivity contribution < 1.29 is 8.78 Å². The maximum atomic E-state index is 14.7. The molecule has 0 saturated heterocycles. The lowest BCUT2D eigenvalue weighted by Gasteiger charge is -2.09. The van der Waals surface area contributed by atoms with Crippen LogP contribution in [0.15, 0.2) is 78.9 Å². The Balaban J connectivity index is 1.71. The standard InChI is InChI=1S/C25H20F2/c1-2-4-17-7-8-19-14-20(10-9-18(19)13-17)21-11-12-24(25(27)16-21)22-5-3-6-23(26)15-22/h3,5-16H,2,4H2,1H3. The predicted octanol–water partition coefficient (Wildman–Crippen LogP) is 7.40. The Morgan fingerprint density at radius 2 is 1.41 bits per heavy atom. The second-order valence-electron chi connectivity index (χ2n) is 6.85. The maximum Gasteiger partial charge on any atom is 0.131 e. The zero-order valence-electron chi connectivity index (χ0n) is 15.2. The molecule has 0 atom stereocenters. The van der Waals surface area contributed by atoms with Gasteiger partial charge >= 0.3 is 0 Å². The number of benzene rings is 4. The van der Waals surface area contributed by atoms with E-state index in [1.165, 1.54) is 29.1 Å². The average molecular weight is 358 g/mol. The molecule has 0 aliphatic rings. The summed E-state index contributed by atoms with van der Waals surface area (Å²) in [5.41, 5.74) is 4.06. The van der Waals surface area contributed by atoms with Crippen molar-refractivity contribution in [1.82, 2.24) is 0 Å². The highest BCUT2D eigenvalue weighted by atomic mass is 19.1. The van der Waals surface area contributed by atoms with Crippen LogP contribution in [-0.4, -0.2) is 0 Å². The van der Waals surface area contributed by atoms with Gasteiger partial charge in [0.1, 0.15) is 11.6 Å². The van der Waals surface area contributed by atoms with Crippen molar-refractivity contribution in [2.24, 2.45) is 0 Å². The van der Waals surface area contributed by atoms with Gasteiger partial charge in [-0.2, -0.15) is 0 Å². The van der Waals surface area contributed by atoms with Crippen LogP contribution in [0, 0.1) is 11.6 Å². The first-order valence-corrected chi connectivity index (χ1v) is 9.22. The number of hydrogen-bond acceptors (Lipinski definition) is 0. The third-order valence-corrected chi connectivity index (χ3v) is 4.88. The van der Waals surface area contributed by atoms with Gasteiger partial charge in [-0.15, -0.1) is 0 Å². The lowest BCUT2D eigenvalue weighted by Crippen LogP contribution is -1.88. The molecule has 0 aliphatic heterocycles. The van der Waals surface area contributed by atoms with Gasteiger partial charge < -0.3 is 0 Å². The zero-order valence-corrected chi connectivity index (χ0v) is 15.2. The van der Waals surface area contributed by atoms with Crippen molar-refractivity contribution in [2.45, 2.75) is 19.8 Å². The van der Waals surface area contributed by atoms with E-state index in [0.29, 0.717) is 11.1 Å². The van der Waals surface area contributed by atoms with Gasteiger partial charge in [0.25, 0.3) is 0 Å². The lowest BCUT2D eigenvalue weighted by molar-refractivity contribution is 0.625. The van der Waals surface area contributed by atoms with Gasteiger partial charge in [-0.05, 0) is 63.7 Å². The van der Waals surface area contributed by atoms with Crippen LogP contribution in [-0.2, 0) is 6.42 Å². The van der Waals surface area contributed by atoms with Crippen LogP contribution in [0.3, 0.4) is 0 Å². The fourth-order valence-electron chi connectivity index (χ4n) is 3.50. The molecule has 0 nitrogen and oxygen atoms in total.